The number of fused-ring (bicyclic) bond motifs is 1. The summed E-state index contributed by atoms with van der Waals surface area (Å²) in [4.78, 5) is 0. The van der Waals surface area contributed by atoms with Gasteiger partial charge in [0.2, 0.25) is 6.79 Å². The zero-order valence-corrected chi connectivity index (χ0v) is 5.33. The van der Waals surface area contributed by atoms with Crippen LogP contribution < -0.4 is 0 Å². The first kappa shape index (κ1) is 5.39. The first-order chi connectivity index (χ1) is 4.97. The molecular weight excluding hydrogens is 128 g/mol. The van der Waals surface area contributed by atoms with Crippen LogP contribution in [0.3, 0.4) is 0 Å². The molecule has 0 bridgehead atoms. The second-order valence-corrected chi connectivity index (χ2v) is 1.97. The number of allylic oxidation sites excluding steroid dienone is 3. The van der Waals surface area contributed by atoms with Crippen LogP contribution in [-0.2, 0) is 9.47 Å². The lowest BCUT2D eigenvalue weighted by atomic mass is 10.4. The molecule has 1 aliphatic heterocycles. The standard InChI is InChI=1S/C8H6O2/c1-2-4-7-8(5-3-1)10-6-9-7/h2-5H,6H2. The highest BCUT2D eigenvalue weighted by Crippen LogP contribution is 2.21. The van der Waals surface area contributed by atoms with Crippen LogP contribution in [0.2, 0.25) is 0 Å². The Morgan fingerprint density at radius 2 is 1.70 bits per heavy atom. The summed E-state index contributed by atoms with van der Waals surface area (Å²) < 4.78 is 10.2. The molecule has 0 radical (unpaired) electrons. The topological polar surface area (TPSA) is 18.5 Å². The normalized spacial score (nSPS) is 20.0. The van der Waals surface area contributed by atoms with E-state index in [0.717, 1.165) is 11.5 Å². The molecule has 2 nitrogen and oxygen atoms in total. The Kier molecular flexibility index (Phi) is 1.12. The van der Waals surface area contributed by atoms with Crippen molar-refractivity contribution in [3.63, 3.8) is 0 Å². The largest absolute Gasteiger partial charge is 0.454 e. The highest BCUT2D eigenvalue weighted by Gasteiger charge is 2.14. The quantitative estimate of drug-likeness (QED) is 0.467. The Morgan fingerprint density at radius 3 is 2.30 bits per heavy atom. The van der Waals surface area contributed by atoms with E-state index >= 15 is 0 Å². The van der Waals surface area contributed by atoms with Crippen molar-refractivity contribution in [1.29, 1.82) is 0 Å². The summed E-state index contributed by atoms with van der Waals surface area (Å²) in [5, 5.41) is 0. The van der Waals surface area contributed by atoms with Gasteiger partial charge in [-0.25, -0.2) is 0 Å². The zero-order valence-electron chi connectivity index (χ0n) is 5.33. The van der Waals surface area contributed by atoms with Gasteiger partial charge in [0.15, 0.2) is 11.5 Å². The second kappa shape index (κ2) is 2.09. The van der Waals surface area contributed by atoms with Crippen LogP contribution in [0.15, 0.2) is 41.6 Å². The minimum atomic E-state index is 0.333. The molecule has 0 unspecified atom stereocenters. The van der Waals surface area contributed by atoms with Gasteiger partial charge in [-0.3, -0.25) is 0 Å². The van der Waals surface area contributed by atoms with E-state index in [2.05, 4.69) is 5.73 Å². The fourth-order valence-electron chi connectivity index (χ4n) is 0.862. The van der Waals surface area contributed by atoms with E-state index in [-0.39, 0.29) is 0 Å². The molecule has 0 N–H and O–H groups in total. The molecule has 0 aromatic heterocycles. The fraction of sp³-hybridized carbons (Fsp3) is 0.125. The Bertz CT molecular complexity index is 241. The van der Waals surface area contributed by atoms with E-state index in [9.17, 15) is 0 Å². The van der Waals surface area contributed by atoms with Crippen molar-refractivity contribution in [3.8, 4) is 0 Å². The molecule has 0 amide bonds. The third-order valence-electron chi connectivity index (χ3n) is 1.33. The monoisotopic (exact) mass is 134 g/mol. The Hall–Kier alpha value is -1.40. The molecule has 10 heavy (non-hydrogen) atoms. The molecule has 0 atom stereocenters. The van der Waals surface area contributed by atoms with Crippen molar-refractivity contribution in [3.05, 3.63) is 41.6 Å². The third-order valence-corrected chi connectivity index (χ3v) is 1.33. The van der Waals surface area contributed by atoms with Gasteiger partial charge in [0.1, 0.15) is 0 Å². The van der Waals surface area contributed by atoms with E-state index < -0.39 is 0 Å². The minimum Gasteiger partial charge on any atom is -0.454 e. The number of ether oxygens (including phenoxy) is 2. The van der Waals surface area contributed by atoms with Crippen LogP contribution in [0, 0.1) is 0 Å². The molecule has 1 aliphatic carbocycles. The second-order valence-electron chi connectivity index (χ2n) is 1.97. The maximum atomic E-state index is 5.12. The van der Waals surface area contributed by atoms with Crippen molar-refractivity contribution in [2.45, 2.75) is 0 Å². The van der Waals surface area contributed by atoms with Gasteiger partial charge >= 0.3 is 0 Å². The third kappa shape index (κ3) is 0.751. The van der Waals surface area contributed by atoms with E-state index in [0.29, 0.717) is 6.79 Å². The lowest BCUT2D eigenvalue weighted by molar-refractivity contribution is 0.0977. The van der Waals surface area contributed by atoms with Gasteiger partial charge in [-0.2, -0.15) is 0 Å². The lowest BCUT2D eigenvalue weighted by Crippen LogP contribution is -1.78. The first-order valence-corrected chi connectivity index (χ1v) is 3.06. The summed E-state index contributed by atoms with van der Waals surface area (Å²) in [6.45, 7) is 0.333. The van der Waals surface area contributed by atoms with Gasteiger partial charge in [0.25, 0.3) is 0 Å². The van der Waals surface area contributed by atoms with Crippen LogP contribution in [-0.4, -0.2) is 6.79 Å². The van der Waals surface area contributed by atoms with Gasteiger partial charge in [-0.1, -0.05) is 0 Å². The summed E-state index contributed by atoms with van der Waals surface area (Å²) in [6, 6.07) is 0. The Morgan fingerprint density at radius 1 is 1.10 bits per heavy atom. The smallest absolute Gasteiger partial charge is 0.231 e. The predicted octanol–water partition coefficient (Wildman–Crippen LogP) is 1.48. The van der Waals surface area contributed by atoms with Gasteiger partial charge < -0.3 is 9.47 Å². The molecule has 2 rings (SSSR count). The highest BCUT2D eigenvalue weighted by molar-refractivity contribution is 5.31. The molecule has 0 saturated carbocycles. The molecule has 50 valence electrons. The predicted molar refractivity (Wildman–Crippen MR) is 35.9 cm³/mol. The van der Waals surface area contributed by atoms with Crippen LogP contribution >= 0.6 is 0 Å². The molecule has 1 heterocycles. The molecule has 0 aromatic carbocycles. The van der Waals surface area contributed by atoms with E-state index in [4.69, 9.17) is 9.47 Å². The fourth-order valence-corrected chi connectivity index (χ4v) is 0.862. The van der Waals surface area contributed by atoms with Gasteiger partial charge in [0.05, 0.1) is 0 Å². The van der Waals surface area contributed by atoms with Crippen molar-refractivity contribution >= 4 is 0 Å². The summed E-state index contributed by atoms with van der Waals surface area (Å²) in [7, 11) is 0. The first-order valence-electron chi connectivity index (χ1n) is 3.06. The Balaban J connectivity index is 2.43. The van der Waals surface area contributed by atoms with Gasteiger partial charge in [-0.05, 0) is 24.3 Å². The van der Waals surface area contributed by atoms with Crippen molar-refractivity contribution in [2.24, 2.45) is 0 Å². The number of hydrogen-bond acceptors (Lipinski definition) is 2. The zero-order chi connectivity index (χ0) is 6.81. The molecule has 1 fully saturated rings. The van der Waals surface area contributed by atoms with E-state index in [1.54, 1.807) is 12.2 Å². The average molecular weight is 134 g/mol. The SMILES string of the molecule is C1=CC=C2OCOC2=CC=1. The summed E-state index contributed by atoms with van der Waals surface area (Å²) in [6.07, 6.45) is 7.27. The van der Waals surface area contributed by atoms with Crippen LogP contribution in [0.1, 0.15) is 0 Å². The summed E-state index contributed by atoms with van der Waals surface area (Å²) in [5.74, 6) is 1.59. The van der Waals surface area contributed by atoms with Gasteiger partial charge in [0, 0.05) is 0 Å². The maximum absolute atomic E-state index is 5.12. The minimum absolute atomic E-state index is 0.333. The summed E-state index contributed by atoms with van der Waals surface area (Å²) >= 11 is 0. The Labute approximate surface area is 58.8 Å². The maximum Gasteiger partial charge on any atom is 0.231 e. The van der Waals surface area contributed by atoms with Crippen LogP contribution in [0.4, 0.5) is 0 Å². The van der Waals surface area contributed by atoms with E-state index in [1.807, 2.05) is 12.2 Å². The summed E-state index contributed by atoms with van der Waals surface area (Å²) in [5.41, 5.74) is 2.91. The van der Waals surface area contributed by atoms with Crippen molar-refractivity contribution in [2.75, 3.05) is 6.79 Å². The molecule has 1 saturated heterocycles. The van der Waals surface area contributed by atoms with Crippen molar-refractivity contribution in [1.82, 2.24) is 0 Å². The highest BCUT2D eigenvalue weighted by atomic mass is 16.7. The van der Waals surface area contributed by atoms with Crippen molar-refractivity contribution < 1.29 is 9.47 Å². The molecular formula is C8H6O2. The molecule has 2 aliphatic rings. The van der Waals surface area contributed by atoms with E-state index in [1.165, 1.54) is 0 Å². The molecule has 0 aromatic rings. The van der Waals surface area contributed by atoms with Gasteiger partial charge in [-0.15, -0.1) is 5.73 Å². The van der Waals surface area contributed by atoms with Crippen LogP contribution in [0.25, 0.3) is 0 Å². The number of rotatable bonds is 0. The lowest BCUT2D eigenvalue weighted by Gasteiger charge is -1.90. The number of hydrogen-bond donors (Lipinski definition) is 0. The van der Waals surface area contributed by atoms with Crippen LogP contribution in [0.5, 0.6) is 0 Å². The molecule has 2 heteroatoms. The molecule has 0 spiro atoms. The average Bonchev–Trinajstić information content (AvgIpc) is 2.28.